The van der Waals surface area contributed by atoms with E-state index in [2.05, 4.69) is 6.07 Å². The molecule has 1 aromatic heterocycles. The van der Waals surface area contributed by atoms with E-state index >= 15 is 0 Å². The van der Waals surface area contributed by atoms with E-state index in [1.54, 1.807) is 12.1 Å². The van der Waals surface area contributed by atoms with E-state index in [-0.39, 0.29) is 11.5 Å². The molecule has 0 spiro atoms. The van der Waals surface area contributed by atoms with Gasteiger partial charge in [0, 0.05) is 6.42 Å². The standard InChI is InChI=1S/C16H15NO2/c1-3-12-8-9-15(19-12)16(18)14(10-17)13-7-5-4-6-11(13)2/h4-9,14H,3H2,1-2H3. The Morgan fingerprint density at radius 1 is 1.32 bits per heavy atom. The molecule has 0 aliphatic heterocycles. The maximum Gasteiger partial charge on any atom is 0.219 e. The van der Waals surface area contributed by atoms with E-state index in [9.17, 15) is 10.1 Å². The van der Waals surface area contributed by atoms with Crippen molar-refractivity contribution in [3.8, 4) is 6.07 Å². The number of rotatable bonds is 4. The number of nitriles is 1. The summed E-state index contributed by atoms with van der Waals surface area (Å²) in [5.74, 6) is -0.0787. The molecule has 19 heavy (non-hydrogen) atoms. The molecule has 0 N–H and O–H groups in total. The summed E-state index contributed by atoms with van der Waals surface area (Å²) >= 11 is 0. The predicted molar refractivity (Wildman–Crippen MR) is 71.9 cm³/mol. The normalized spacial score (nSPS) is 11.8. The molecule has 3 nitrogen and oxygen atoms in total. The van der Waals surface area contributed by atoms with Crippen LogP contribution in [-0.4, -0.2) is 5.78 Å². The third kappa shape index (κ3) is 2.58. The SMILES string of the molecule is CCc1ccc(C(=O)C(C#N)c2ccccc2C)o1. The third-order valence-electron chi connectivity index (χ3n) is 3.14. The van der Waals surface area contributed by atoms with E-state index in [1.165, 1.54) is 0 Å². The van der Waals surface area contributed by atoms with Gasteiger partial charge in [0.05, 0.1) is 6.07 Å². The summed E-state index contributed by atoms with van der Waals surface area (Å²) in [6.07, 6.45) is 0.731. The number of hydrogen-bond acceptors (Lipinski definition) is 3. The summed E-state index contributed by atoms with van der Waals surface area (Å²) in [4.78, 5) is 12.3. The van der Waals surface area contributed by atoms with Crippen LogP contribution in [0.2, 0.25) is 0 Å². The molecule has 0 fully saturated rings. The summed E-state index contributed by atoms with van der Waals surface area (Å²) in [7, 11) is 0. The Balaban J connectivity index is 2.35. The maximum absolute atomic E-state index is 12.3. The van der Waals surface area contributed by atoms with E-state index < -0.39 is 5.92 Å². The highest BCUT2D eigenvalue weighted by Gasteiger charge is 2.25. The Hall–Kier alpha value is -2.34. The van der Waals surface area contributed by atoms with Gasteiger partial charge in [0.25, 0.3) is 0 Å². The van der Waals surface area contributed by atoms with E-state index in [4.69, 9.17) is 4.42 Å². The van der Waals surface area contributed by atoms with Crippen molar-refractivity contribution in [1.82, 2.24) is 0 Å². The van der Waals surface area contributed by atoms with Gasteiger partial charge in [-0.25, -0.2) is 0 Å². The second kappa shape index (κ2) is 5.53. The molecule has 0 amide bonds. The minimum Gasteiger partial charge on any atom is -0.458 e. The van der Waals surface area contributed by atoms with Crippen molar-refractivity contribution in [1.29, 1.82) is 5.26 Å². The maximum atomic E-state index is 12.3. The van der Waals surface area contributed by atoms with Gasteiger partial charge in [-0.3, -0.25) is 4.79 Å². The van der Waals surface area contributed by atoms with Crippen molar-refractivity contribution in [2.45, 2.75) is 26.2 Å². The Kier molecular flexibility index (Phi) is 3.82. The second-order valence-corrected chi connectivity index (χ2v) is 4.40. The molecular weight excluding hydrogens is 238 g/mol. The van der Waals surface area contributed by atoms with Crippen LogP contribution in [0.4, 0.5) is 0 Å². The quantitative estimate of drug-likeness (QED) is 0.781. The summed E-state index contributed by atoms with van der Waals surface area (Å²) < 4.78 is 5.44. The van der Waals surface area contributed by atoms with Crippen LogP contribution in [0.3, 0.4) is 0 Å². The Labute approximate surface area is 112 Å². The summed E-state index contributed by atoms with van der Waals surface area (Å²) in [6, 6.07) is 12.9. The van der Waals surface area contributed by atoms with Crippen LogP contribution in [0.5, 0.6) is 0 Å². The lowest BCUT2D eigenvalue weighted by Crippen LogP contribution is -2.11. The van der Waals surface area contributed by atoms with Gasteiger partial charge in [-0.1, -0.05) is 31.2 Å². The van der Waals surface area contributed by atoms with Crippen molar-refractivity contribution in [2.24, 2.45) is 0 Å². The fourth-order valence-electron chi connectivity index (χ4n) is 2.02. The largest absolute Gasteiger partial charge is 0.458 e. The lowest BCUT2D eigenvalue weighted by atomic mass is 9.91. The van der Waals surface area contributed by atoms with Gasteiger partial charge >= 0.3 is 0 Å². The molecule has 1 atom stereocenters. The summed E-state index contributed by atoms with van der Waals surface area (Å²) in [5, 5.41) is 9.29. The van der Waals surface area contributed by atoms with Crippen LogP contribution in [0.25, 0.3) is 0 Å². The van der Waals surface area contributed by atoms with Crippen molar-refractivity contribution in [2.75, 3.05) is 0 Å². The Morgan fingerprint density at radius 3 is 2.63 bits per heavy atom. The summed E-state index contributed by atoms with van der Waals surface area (Å²) in [5.41, 5.74) is 1.68. The number of carbonyl (C=O) groups excluding carboxylic acids is 1. The van der Waals surface area contributed by atoms with Crippen molar-refractivity contribution >= 4 is 5.78 Å². The highest BCUT2D eigenvalue weighted by atomic mass is 16.3. The first-order valence-electron chi connectivity index (χ1n) is 6.25. The number of ketones is 1. The number of benzene rings is 1. The minimum absolute atomic E-state index is 0.256. The zero-order valence-electron chi connectivity index (χ0n) is 11.0. The van der Waals surface area contributed by atoms with Crippen LogP contribution in [-0.2, 0) is 6.42 Å². The predicted octanol–water partition coefficient (Wildman–Crippen LogP) is 3.64. The third-order valence-corrected chi connectivity index (χ3v) is 3.14. The number of hydrogen-bond donors (Lipinski definition) is 0. The van der Waals surface area contributed by atoms with Gasteiger partial charge in [0.1, 0.15) is 11.7 Å². The fraction of sp³-hybridized carbons (Fsp3) is 0.250. The molecule has 1 unspecified atom stereocenters. The van der Waals surface area contributed by atoms with Crippen molar-refractivity contribution < 1.29 is 9.21 Å². The molecule has 1 heterocycles. The monoisotopic (exact) mass is 253 g/mol. The first-order valence-corrected chi connectivity index (χ1v) is 6.25. The Morgan fingerprint density at radius 2 is 2.05 bits per heavy atom. The van der Waals surface area contributed by atoms with E-state index in [0.717, 1.165) is 23.3 Å². The molecule has 1 aromatic carbocycles. The molecule has 0 aliphatic carbocycles. The molecule has 2 rings (SSSR count). The number of furan rings is 1. The molecule has 2 aromatic rings. The van der Waals surface area contributed by atoms with Crippen LogP contribution < -0.4 is 0 Å². The van der Waals surface area contributed by atoms with Crippen molar-refractivity contribution in [3.05, 3.63) is 59.0 Å². The van der Waals surface area contributed by atoms with Crippen LogP contribution in [0.1, 0.15) is 40.3 Å². The molecular formula is C16H15NO2. The number of nitrogens with zero attached hydrogens (tertiary/aromatic N) is 1. The van der Waals surface area contributed by atoms with Crippen LogP contribution in [0.15, 0.2) is 40.8 Å². The number of aryl methyl sites for hydroxylation is 2. The number of carbonyl (C=O) groups is 1. The molecule has 96 valence electrons. The van der Waals surface area contributed by atoms with Gasteiger partial charge in [0.15, 0.2) is 5.76 Å². The fourth-order valence-corrected chi connectivity index (χ4v) is 2.02. The van der Waals surface area contributed by atoms with Gasteiger partial charge in [0.2, 0.25) is 5.78 Å². The lowest BCUT2D eigenvalue weighted by Gasteiger charge is -2.09. The average molecular weight is 253 g/mol. The van der Waals surface area contributed by atoms with E-state index in [1.807, 2.05) is 38.1 Å². The lowest BCUT2D eigenvalue weighted by molar-refractivity contribution is 0.0950. The van der Waals surface area contributed by atoms with Crippen molar-refractivity contribution in [3.63, 3.8) is 0 Å². The van der Waals surface area contributed by atoms with Gasteiger partial charge < -0.3 is 4.42 Å². The first kappa shape index (κ1) is 13.1. The number of Topliss-reactive ketones (excluding diaryl/α,β-unsaturated/α-hetero) is 1. The second-order valence-electron chi connectivity index (χ2n) is 4.40. The molecule has 0 bridgehead atoms. The van der Waals surface area contributed by atoms with Crippen LogP contribution >= 0.6 is 0 Å². The minimum atomic E-state index is -0.808. The molecule has 0 radical (unpaired) electrons. The van der Waals surface area contributed by atoms with Gasteiger partial charge in [-0.2, -0.15) is 5.26 Å². The average Bonchev–Trinajstić information content (AvgIpc) is 2.90. The van der Waals surface area contributed by atoms with E-state index in [0.29, 0.717) is 0 Å². The topological polar surface area (TPSA) is 54.0 Å². The first-order chi connectivity index (χ1) is 9.17. The molecule has 3 heteroatoms. The highest BCUT2D eigenvalue weighted by molar-refractivity contribution is 6.00. The smallest absolute Gasteiger partial charge is 0.219 e. The molecule has 0 aliphatic rings. The van der Waals surface area contributed by atoms with Gasteiger partial charge in [-0.05, 0) is 30.2 Å². The summed E-state index contributed by atoms with van der Waals surface area (Å²) in [6.45, 7) is 3.85. The van der Waals surface area contributed by atoms with Crippen LogP contribution in [0, 0.1) is 18.3 Å². The zero-order valence-corrected chi connectivity index (χ0v) is 11.0. The zero-order chi connectivity index (χ0) is 13.8. The molecule has 0 saturated heterocycles. The Bertz CT molecular complexity index is 634. The molecule has 0 saturated carbocycles. The van der Waals surface area contributed by atoms with Gasteiger partial charge in [-0.15, -0.1) is 0 Å². The highest BCUT2D eigenvalue weighted by Crippen LogP contribution is 2.24.